The normalized spacial score (nSPS) is 18.4. The number of H-pyrrole nitrogens is 1. The van der Waals surface area contributed by atoms with Crippen molar-refractivity contribution in [3.63, 3.8) is 0 Å². The first-order chi connectivity index (χ1) is 10.2. The van der Waals surface area contributed by atoms with Gasteiger partial charge in [-0.15, -0.1) is 0 Å². The molecule has 1 fully saturated rings. The van der Waals surface area contributed by atoms with E-state index in [9.17, 15) is 9.90 Å². The van der Waals surface area contributed by atoms with Crippen molar-refractivity contribution in [3.05, 3.63) is 30.0 Å². The molecule has 1 aromatic carbocycles. The molecule has 0 saturated carbocycles. The van der Waals surface area contributed by atoms with Gasteiger partial charge in [-0.3, -0.25) is 4.79 Å². The molecule has 1 aliphatic rings. The average molecular weight is 288 g/mol. The molecule has 2 N–H and O–H groups in total. The average Bonchev–Trinajstić information content (AvgIpc) is 3.12. The van der Waals surface area contributed by atoms with Gasteiger partial charge in [0.1, 0.15) is 11.4 Å². The standard InChI is InChI=1S/C16H20N2O3/c1-2-21-13-6-5-11-8-15(17-14(11)9-13)16(20)18-7-3-4-12(18)10-19/h5-6,8-9,12,17,19H,2-4,7,10H2,1H3/t12-/m1/s1. The third-order valence-electron chi connectivity index (χ3n) is 3.98. The lowest BCUT2D eigenvalue weighted by Gasteiger charge is -2.22. The van der Waals surface area contributed by atoms with E-state index in [0.29, 0.717) is 18.8 Å². The fourth-order valence-corrected chi connectivity index (χ4v) is 2.93. The van der Waals surface area contributed by atoms with Gasteiger partial charge in [0, 0.05) is 23.5 Å². The van der Waals surface area contributed by atoms with Crippen LogP contribution in [0.1, 0.15) is 30.3 Å². The van der Waals surface area contributed by atoms with E-state index in [2.05, 4.69) is 4.98 Å². The number of carbonyl (C=O) groups is 1. The number of ether oxygens (including phenoxy) is 1. The molecule has 112 valence electrons. The lowest BCUT2D eigenvalue weighted by molar-refractivity contribution is 0.0672. The lowest BCUT2D eigenvalue weighted by Crippen LogP contribution is -2.37. The summed E-state index contributed by atoms with van der Waals surface area (Å²) in [7, 11) is 0. The Morgan fingerprint density at radius 2 is 2.33 bits per heavy atom. The van der Waals surface area contributed by atoms with Crippen LogP contribution in [0.25, 0.3) is 10.9 Å². The largest absolute Gasteiger partial charge is 0.494 e. The number of nitrogens with zero attached hydrogens (tertiary/aromatic N) is 1. The fraction of sp³-hybridized carbons (Fsp3) is 0.438. The lowest BCUT2D eigenvalue weighted by atomic mass is 10.2. The molecule has 0 spiro atoms. The number of fused-ring (bicyclic) bond motifs is 1. The quantitative estimate of drug-likeness (QED) is 0.906. The van der Waals surface area contributed by atoms with Gasteiger partial charge in [-0.2, -0.15) is 0 Å². The second-order valence-electron chi connectivity index (χ2n) is 5.34. The minimum Gasteiger partial charge on any atom is -0.494 e. The topological polar surface area (TPSA) is 65.6 Å². The number of amides is 1. The zero-order valence-corrected chi connectivity index (χ0v) is 12.1. The van der Waals surface area contributed by atoms with Crippen molar-refractivity contribution in [2.45, 2.75) is 25.8 Å². The Morgan fingerprint density at radius 1 is 1.48 bits per heavy atom. The highest BCUT2D eigenvalue weighted by atomic mass is 16.5. The van der Waals surface area contributed by atoms with Crippen LogP contribution in [0, 0.1) is 0 Å². The summed E-state index contributed by atoms with van der Waals surface area (Å²) in [6, 6.07) is 7.56. The van der Waals surface area contributed by atoms with E-state index in [1.54, 1.807) is 4.90 Å². The predicted molar refractivity (Wildman–Crippen MR) is 80.6 cm³/mol. The van der Waals surface area contributed by atoms with Crippen LogP contribution in [0.5, 0.6) is 5.75 Å². The van der Waals surface area contributed by atoms with Gasteiger partial charge in [-0.1, -0.05) is 0 Å². The van der Waals surface area contributed by atoms with Crippen LogP contribution in [-0.2, 0) is 0 Å². The Morgan fingerprint density at radius 3 is 3.10 bits per heavy atom. The molecular formula is C16H20N2O3. The molecule has 1 atom stereocenters. The zero-order valence-electron chi connectivity index (χ0n) is 12.1. The van der Waals surface area contributed by atoms with E-state index in [1.165, 1.54) is 0 Å². The van der Waals surface area contributed by atoms with Crippen LogP contribution in [0.2, 0.25) is 0 Å². The summed E-state index contributed by atoms with van der Waals surface area (Å²) in [4.78, 5) is 17.5. The van der Waals surface area contributed by atoms with Crippen molar-refractivity contribution in [2.24, 2.45) is 0 Å². The first-order valence-electron chi connectivity index (χ1n) is 7.40. The van der Waals surface area contributed by atoms with Gasteiger partial charge in [0.25, 0.3) is 5.91 Å². The van der Waals surface area contributed by atoms with E-state index in [-0.39, 0.29) is 18.6 Å². The number of aromatic amines is 1. The van der Waals surface area contributed by atoms with Gasteiger partial charge in [0.05, 0.1) is 19.3 Å². The van der Waals surface area contributed by atoms with Crippen LogP contribution in [0.3, 0.4) is 0 Å². The van der Waals surface area contributed by atoms with Crippen molar-refractivity contribution in [2.75, 3.05) is 19.8 Å². The Hall–Kier alpha value is -2.01. The van der Waals surface area contributed by atoms with Gasteiger partial charge in [0.2, 0.25) is 0 Å². The second kappa shape index (κ2) is 5.77. The maximum Gasteiger partial charge on any atom is 0.270 e. The molecule has 0 radical (unpaired) electrons. The Balaban J connectivity index is 1.88. The summed E-state index contributed by atoms with van der Waals surface area (Å²) in [5.74, 6) is 0.751. The minimum atomic E-state index is -0.0529. The number of aliphatic hydroxyl groups excluding tert-OH is 1. The molecule has 2 aromatic rings. The highest BCUT2D eigenvalue weighted by Crippen LogP contribution is 2.24. The summed E-state index contributed by atoms with van der Waals surface area (Å²) >= 11 is 0. The molecule has 2 heterocycles. The van der Waals surface area contributed by atoms with Gasteiger partial charge >= 0.3 is 0 Å². The van der Waals surface area contributed by atoms with Crippen LogP contribution in [-0.4, -0.2) is 46.7 Å². The zero-order chi connectivity index (χ0) is 14.8. The molecule has 0 bridgehead atoms. The monoisotopic (exact) mass is 288 g/mol. The molecular weight excluding hydrogens is 268 g/mol. The first kappa shape index (κ1) is 13.9. The van der Waals surface area contributed by atoms with Gasteiger partial charge in [-0.25, -0.2) is 0 Å². The van der Waals surface area contributed by atoms with Crippen molar-refractivity contribution in [1.29, 1.82) is 0 Å². The number of likely N-dealkylation sites (tertiary alicyclic amines) is 1. The molecule has 1 aliphatic heterocycles. The predicted octanol–water partition coefficient (Wildman–Crippen LogP) is 2.16. The van der Waals surface area contributed by atoms with Crippen molar-refractivity contribution < 1.29 is 14.6 Å². The van der Waals surface area contributed by atoms with E-state index in [0.717, 1.165) is 29.5 Å². The maximum atomic E-state index is 12.5. The SMILES string of the molecule is CCOc1ccc2cc(C(=O)N3CCC[C@@H]3CO)[nH]c2c1. The third-order valence-corrected chi connectivity index (χ3v) is 3.98. The van der Waals surface area contributed by atoms with Crippen LogP contribution < -0.4 is 4.74 Å². The summed E-state index contributed by atoms with van der Waals surface area (Å²) < 4.78 is 5.47. The number of aromatic nitrogens is 1. The highest BCUT2D eigenvalue weighted by molar-refractivity contribution is 5.98. The van der Waals surface area contributed by atoms with Gasteiger partial charge in [0.15, 0.2) is 0 Å². The fourth-order valence-electron chi connectivity index (χ4n) is 2.93. The molecule has 5 nitrogen and oxygen atoms in total. The number of hydrogen-bond acceptors (Lipinski definition) is 3. The molecule has 5 heteroatoms. The third kappa shape index (κ3) is 2.61. The summed E-state index contributed by atoms with van der Waals surface area (Å²) in [6.45, 7) is 3.30. The molecule has 1 aromatic heterocycles. The van der Waals surface area contributed by atoms with E-state index in [1.807, 2.05) is 31.2 Å². The van der Waals surface area contributed by atoms with E-state index >= 15 is 0 Å². The minimum absolute atomic E-state index is 0.0282. The maximum absolute atomic E-state index is 12.5. The van der Waals surface area contributed by atoms with Gasteiger partial charge < -0.3 is 19.7 Å². The molecule has 21 heavy (non-hydrogen) atoms. The Kier molecular flexibility index (Phi) is 3.84. The van der Waals surface area contributed by atoms with E-state index in [4.69, 9.17) is 4.74 Å². The number of aliphatic hydroxyl groups is 1. The van der Waals surface area contributed by atoms with Gasteiger partial charge in [-0.05, 0) is 38.0 Å². The van der Waals surface area contributed by atoms with Crippen LogP contribution in [0.15, 0.2) is 24.3 Å². The number of rotatable bonds is 4. The smallest absolute Gasteiger partial charge is 0.270 e. The van der Waals surface area contributed by atoms with Crippen molar-refractivity contribution >= 4 is 16.8 Å². The summed E-state index contributed by atoms with van der Waals surface area (Å²) in [5.41, 5.74) is 1.46. The first-order valence-corrected chi connectivity index (χ1v) is 7.40. The number of nitrogens with one attached hydrogen (secondary N) is 1. The molecule has 0 unspecified atom stereocenters. The van der Waals surface area contributed by atoms with Crippen LogP contribution >= 0.6 is 0 Å². The van der Waals surface area contributed by atoms with E-state index < -0.39 is 0 Å². The number of benzene rings is 1. The van der Waals surface area contributed by atoms with Crippen molar-refractivity contribution in [1.82, 2.24) is 9.88 Å². The second-order valence-corrected chi connectivity index (χ2v) is 5.34. The molecule has 0 aliphatic carbocycles. The highest BCUT2D eigenvalue weighted by Gasteiger charge is 2.29. The molecule has 1 amide bonds. The molecule has 3 rings (SSSR count). The summed E-state index contributed by atoms with van der Waals surface area (Å²) in [6.07, 6.45) is 1.82. The molecule has 1 saturated heterocycles. The number of hydrogen-bond donors (Lipinski definition) is 2. The van der Waals surface area contributed by atoms with Crippen molar-refractivity contribution in [3.8, 4) is 5.75 Å². The number of carbonyl (C=O) groups excluding carboxylic acids is 1. The van der Waals surface area contributed by atoms with Crippen LogP contribution in [0.4, 0.5) is 0 Å². The summed E-state index contributed by atoms with van der Waals surface area (Å²) in [5, 5.41) is 10.3. The Bertz CT molecular complexity index is 650. The Labute approximate surface area is 123 Å².